The number of fused-ring (bicyclic) bond motifs is 1. The SMILES string of the molecule is CCN1CCCC1CN=C(N)NCCc1c[nH]c2cc(C)ccc12. The Morgan fingerprint density at radius 1 is 1.46 bits per heavy atom. The van der Waals surface area contributed by atoms with Crippen LogP contribution in [0.3, 0.4) is 0 Å². The van der Waals surface area contributed by atoms with Crippen LogP contribution in [0.1, 0.15) is 30.9 Å². The third-order valence-electron chi connectivity index (χ3n) is 5.00. The van der Waals surface area contributed by atoms with Gasteiger partial charge in [-0.1, -0.05) is 19.1 Å². The topological polar surface area (TPSA) is 69.4 Å². The van der Waals surface area contributed by atoms with Gasteiger partial charge >= 0.3 is 0 Å². The summed E-state index contributed by atoms with van der Waals surface area (Å²) >= 11 is 0. The molecule has 0 amide bonds. The number of rotatable bonds is 6. The lowest BCUT2D eigenvalue weighted by atomic mass is 10.1. The zero-order valence-corrected chi connectivity index (χ0v) is 14.8. The Hall–Kier alpha value is -2.01. The second-order valence-electron chi connectivity index (χ2n) is 6.69. The van der Waals surface area contributed by atoms with Gasteiger partial charge in [0, 0.05) is 29.7 Å². The van der Waals surface area contributed by atoms with Gasteiger partial charge < -0.3 is 16.0 Å². The normalized spacial score (nSPS) is 19.2. The maximum Gasteiger partial charge on any atom is 0.188 e. The van der Waals surface area contributed by atoms with Crippen LogP contribution in [0.5, 0.6) is 0 Å². The number of nitrogens with zero attached hydrogens (tertiary/aromatic N) is 2. The molecule has 1 unspecified atom stereocenters. The van der Waals surface area contributed by atoms with E-state index in [0.717, 1.165) is 26.1 Å². The lowest BCUT2D eigenvalue weighted by Crippen LogP contribution is -2.36. The Morgan fingerprint density at radius 3 is 3.17 bits per heavy atom. The molecule has 3 rings (SSSR count). The highest BCUT2D eigenvalue weighted by Crippen LogP contribution is 2.19. The van der Waals surface area contributed by atoms with Crippen molar-refractivity contribution >= 4 is 16.9 Å². The number of likely N-dealkylation sites (N-methyl/N-ethyl adjacent to an activating group) is 1. The molecule has 24 heavy (non-hydrogen) atoms. The smallest absolute Gasteiger partial charge is 0.188 e. The molecule has 4 N–H and O–H groups in total. The Labute approximate surface area is 144 Å². The van der Waals surface area contributed by atoms with Crippen LogP contribution in [0.25, 0.3) is 10.9 Å². The minimum atomic E-state index is 0.562. The van der Waals surface area contributed by atoms with E-state index in [9.17, 15) is 0 Å². The molecule has 0 bridgehead atoms. The van der Waals surface area contributed by atoms with Crippen molar-refractivity contribution in [3.05, 3.63) is 35.5 Å². The number of H-pyrrole nitrogens is 1. The van der Waals surface area contributed by atoms with Crippen LogP contribution >= 0.6 is 0 Å². The minimum Gasteiger partial charge on any atom is -0.370 e. The Bertz CT molecular complexity index is 703. The molecule has 1 aromatic heterocycles. The minimum absolute atomic E-state index is 0.562. The van der Waals surface area contributed by atoms with E-state index >= 15 is 0 Å². The molecule has 2 heterocycles. The van der Waals surface area contributed by atoms with Gasteiger partial charge in [0.15, 0.2) is 5.96 Å². The molecule has 1 fully saturated rings. The molecule has 130 valence electrons. The first-order valence-corrected chi connectivity index (χ1v) is 9.02. The summed E-state index contributed by atoms with van der Waals surface area (Å²) in [6.07, 6.45) is 5.54. The first-order chi connectivity index (χ1) is 11.7. The average molecular weight is 327 g/mol. The van der Waals surface area contributed by atoms with E-state index in [4.69, 9.17) is 5.73 Å². The number of aryl methyl sites for hydroxylation is 1. The number of hydrogen-bond acceptors (Lipinski definition) is 2. The van der Waals surface area contributed by atoms with E-state index < -0.39 is 0 Å². The van der Waals surface area contributed by atoms with Crippen molar-refractivity contribution in [1.29, 1.82) is 0 Å². The van der Waals surface area contributed by atoms with Gasteiger partial charge in [0.1, 0.15) is 0 Å². The van der Waals surface area contributed by atoms with Crippen LogP contribution in [0, 0.1) is 6.92 Å². The van der Waals surface area contributed by atoms with Gasteiger partial charge in [0.25, 0.3) is 0 Å². The van der Waals surface area contributed by atoms with Crippen LogP contribution in [0.4, 0.5) is 0 Å². The summed E-state index contributed by atoms with van der Waals surface area (Å²) in [5.74, 6) is 0.564. The quantitative estimate of drug-likeness (QED) is 0.564. The molecule has 1 saturated heterocycles. The summed E-state index contributed by atoms with van der Waals surface area (Å²) in [4.78, 5) is 10.4. The molecule has 5 nitrogen and oxygen atoms in total. The third-order valence-corrected chi connectivity index (χ3v) is 5.00. The van der Waals surface area contributed by atoms with Crippen molar-refractivity contribution < 1.29 is 0 Å². The molecule has 2 aromatic rings. The molecule has 5 heteroatoms. The molecule has 0 radical (unpaired) electrons. The molecule has 1 atom stereocenters. The first kappa shape index (κ1) is 16.8. The summed E-state index contributed by atoms with van der Waals surface area (Å²) in [6, 6.07) is 7.09. The van der Waals surface area contributed by atoms with Gasteiger partial charge in [0.2, 0.25) is 0 Å². The zero-order valence-electron chi connectivity index (χ0n) is 14.8. The van der Waals surface area contributed by atoms with E-state index in [1.165, 1.54) is 41.4 Å². The number of benzene rings is 1. The highest BCUT2D eigenvalue weighted by atomic mass is 15.2. The van der Waals surface area contributed by atoms with Crippen LogP contribution in [-0.2, 0) is 6.42 Å². The molecule has 1 aliphatic heterocycles. The summed E-state index contributed by atoms with van der Waals surface area (Å²) in [7, 11) is 0. The molecule has 1 aliphatic rings. The largest absolute Gasteiger partial charge is 0.370 e. The lowest BCUT2D eigenvalue weighted by molar-refractivity contribution is 0.273. The van der Waals surface area contributed by atoms with Crippen molar-refractivity contribution in [3.63, 3.8) is 0 Å². The Kier molecular flexibility index (Phi) is 5.41. The molecular weight excluding hydrogens is 298 g/mol. The van der Waals surface area contributed by atoms with Crippen molar-refractivity contribution in [1.82, 2.24) is 15.2 Å². The van der Waals surface area contributed by atoms with E-state index in [1.54, 1.807) is 0 Å². The first-order valence-electron chi connectivity index (χ1n) is 9.02. The van der Waals surface area contributed by atoms with Crippen LogP contribution in [-0.4, -0.2) is 48.1 Å². The van der Waals surface area contributed by atoms with Crippen molar-refractivity contribution in [2.24, 2.45) is 10.7 Å². The number of aromatic nitrogens is 1. The van der Waals surface area contributed by atoms with E-state index in [1.807, 2.05) is 0 Å². The molecule has 0 spiro atoms. The third kappa shape index (κ3) is 3.90. The fourth-order valence-corrected chi connectivity index (χ4v) is 3.61. The molecular formula is C19H29N5. The fraction of sp³-hybridized carbons (Fsp3) is 0.526. The molecule has 1 aromatic carbocycles. The monoisotopic (exact) mass is 327 g/mol. The predicted octanol–water partition coefficient (Wildman–Crippen LogP) is 2.41. The second-order valence-corrected chi connectivity index (χ2v) is 6.69. The van der Waals surface area contributed by atoms with Gasteiger partial charge in [-0.15, -0.1) is 0 Å². The number of likely N-dealkylation sites (tertiary alicyclic amines) is 1. The van der Waals surface area contributed by atoms with Gasteiger partial charge in [-0.3, -0.25) is 9.89 Å². The summed E-state index contributed by atoms with van der Waals surface area (Å²) in [5.41, 5.74) is 9.82. The van der Waals surface area contributed by atoms with E-state index in [0.29, 0.717) is 12.0 Å². The molecule has 0 aliphatic carbocycles. The van der Waals surface area contributed by atoms with Gasteiger partial charge in [-0.25, -0.2) is 0 Å². The highest BCUT2D eigenvalue weighted by molar-refractivity contribution is 5.84. The summed E-state index contributed by atoms with van der Waals surface area (Å²) < 4.78 is 0. The van der Waals surface area contributed by atoms with Gasteiger partial charge in [-0.05, 0) is 56.5 Å². The van der Waals surface area contributed by atoms with Crippen LogP contribution in [0.2, 0.25) is 0 Å². The number of aliphatic imine (C=N–C) groups is 1. The van der Waals surface area contributed by atoms with Crippen molar-refractivity contribution in [2.75, 3.05) is 26.2 Å². The molecule has 0 saturated carbocycles. The fourth-order valence-electron chi connectivity index (χ4n) is 3.61. The Morgan fingerprint density at radius 2 is 2.33 bits per heavy atom. The number of guanidine groups is 1. The number of aromatic amines is 1. The predicted molar refractivity (Wildman–Crippen MR) is 102 cm³/mol. The van der Waals surface area contributed by atoms with Crippen LogP contribution in [0.15, 0.2) is 29.4 Å². The van der Waals surface area contributed by atoms with E-state index in [-0.39, 0.29) is 0 Å². The van der Waals surface area contributed by atoms with Gasteiger partial charge in [-0.2, -0.15) is 0 Å². The summed E-state index contributed by atoms with van der Waals surface area (Å²) in [6.45, 7) is 8.24. The van der Waals surface area contributed by atoms with E-state index in [2.05, 4.69) is 58.4 Å². The maximum absolute atomic E-state index is 6.02. The highest BCUT2D eigenvalue weighted by Gasteiger charge is 2.22. The standard InChI is InChI=1S/C19H29N5/c1-3-24-10-4-5-16(24)13-23-19(20)21-9-8-15-12-22-18-11-14(2)6-7-17(15)18/h6-7,11-12,16,22H,3-5,8-10,13H2,1-2H3,(H3,20,21,23). The Balaban J connectivity index is 1.49. The number of nitrogens with one attached hydrogen (secondary N) is 2. The lowest BCUT2D eigenvalue weighted by Gasteiger charge is -2.20. The van der Waals surface area contributed by atoms with Crippen molar-refractivity contribution in [2.45, 2.75) is 39.2 Å². The van der Waals surface area contributed by atoms with Crippen molar-refractivity contribution in [3.8, 4) is 0 Å². The number of nitrogens with two attached hydrogens (primary N) is 1. The average Bonchev–Trinajstić information content (AvgIpc) is 3.19. The summed E-state index contributed by atoms with van der Waals surface area (Å²) in [5, 5.41) is 4.54. The van der Waals surface area contributed by atoms with Gasteiger partial charge in [0.05, 0.1) is 6.54 Å². The van der Waals surface area contributed by atoms with Crippen LogP contribution < -0.4 is 11.1 Å². The number of hydrogen-bond donors (Lipinski definition) is 3. The second kappa shape index (κ2) is 7.71. The maximum atomic E-state index is 6.02. The zero-order chi connectivity index (χ0) is 16.9.